The fraction of sp³-hybridized carbons (Fsp3) is 0.278. The van der Waals surface area contributed by atoms with Crippen molar-refractivity contribution in [1.82, 2.24) is 10.2 Å². The number of carboxylic acids is 1. The lowest BCUT2D eigenvalue weighted by atomic mass is 10.0. The molecule has 1 aromatic carbocycles. The van der Waals surface area contributed by atoms with E-state index in [2.05, 4.69) is 5.32 Å². The predicted molar refractivity (Wildman–Crippen MR) is 99.5 cm³/mol. The fourth-order valence-electron chi connectivity index (χ4n) is 3.05. The van der Waals surface area contributed by atoms with Crippen molar-refractivity contribution in [3.63, 3.8) is 0 Å². The number of rotatable bonds is 5. The van der Waals surface area contributed by atoms with E-state index in [1.165, 1.54) is 40.9 Å². The molecule has 0 bridgehead atoms. The van der Waals surface area contributed by atoms with Crippen LogP contribution in [0.2, 0.25) is 0 Å². The van der Waals surface area contributed by atoms with Gasteiger partial charge in [0.2, 0.25) is 5.91 Å². The summed E-state index contributed by atoms with van der Waals surface area (Å²) < 4.78 is 0. The number of carboxylic acid groups (broad SMARTS) is 1. The molecule has 5 N–H and O–H groups in total. The van der Waals surface area contributed by atoms with Crippen molar-refractivity contribution in [2.24, 2.45) is 5.73 Å². The van der Waals surface area contributed by atoms with Crippen molar-refractivity contribution < 1.29 is 24.6 Å². The number of aliphatic carboxylic acids is 1. The van der Waals surface area contributed by atoms with Crippen LogP contribution >= 0.6 is 11.8 Å². The third-order valence-corrected chi connectivity index (χ3v) is 5.70. The van der Waals surface area contributed by atoms with Crippen LogP contribution in [0.15, 0.2) is 47.7 Å². The van der Waals surface area contributed by atoms with E-state index in [9.17, 15) is 24.6 Å². The van der Waals surface area contributed by atoms with Crippen molar-refractivity contribution in [2.45, 2.75) is 24.4 Å². The van der Waals surface area contributed by atoms with E-state index < -0.39 is 35.2 Å². The second kappa shape index (κ2) is 7.45. The molecule has 142 valence electrons. The van der Waals surface area contributed by atoms with E-state index in [0.717, 1.165) is 0 Å². The molecule has 3 rings (SSSR count). The summed E-state index contributed by atoms with van der Waals surface area (Å²) in [5, 5.41) is 20.9. The van der Waals surface area contributed by atoms with Crippen LogP contribution < -0.4 is 11.1 Å². The van der Waals surface area contributed by atoms with E-state index in [4.69, 9.17) is 5.73 Å². The summed E-state index contributed by atoms with van der Waals surface area (Å²) in [5.74, 6) is -1.71. The molecule has 0 aliphatic carbocycles. The molecule has 2 amide bonds. The molecular weight excluding hydrogens is 370 g/mol. The lowest BCUT2D eigenvalue weighted by Crippen LogP contribution is -2.71. The number of carbonyl (C=O) groups excluding carboxylic acids is 2. The van der Waals surface area contributed by atoms with Crippen LogP contribution in [0.3, 0.4) is 0 Å². The van der Waals surface area contributed by atoms with Crippen molar-refractivity contribution >= 4 is 29.5 Å². The molecule has 2 heterocycles. The lowest BCUT2D eigenvalue weighted by molar-refractivity contribution is -0.150. The number of hydrogen-bond acceptors (Lipinski definition) is 6. The largest absolute Gasteiger partial charge is 0.508 e. The molecule has 0 radical (unpaired) electrons. The molecule has 3 atom stereocenters. The zero-order chi connectivity index (χ0) is 19.7. The molecule has 0 aromatic heterocycles. The van der Waals surface area contributed by atoms with Crippen LogP contribution in [0.25, 0.3) is 0 Å². The van der Waals surface area contributed by atoms with Crippen LogP contribution in [-0.2, 0) is 14.4 Å². The zero-order valence-corrected chi connectivity index (χ0v) is 15.3. The number of β-lactam (4-membered cyclic amide) rings is 1. The molecular formula is C18H19N3O5S. The standard InChI is InChI=1S/C18H19N3O5S/c1-2-3-10-8-27-17-13(16(24)21(17)14(10)18(25)26)20-15(23)12(19)9-4-6-11(22)7-5-9/h2-7,12-13,17,22H,8,19H2,1H3,(H,20,23)(H,25,26)/t12?,13-,17+/m1/s1. The van der Waals surface area contributed by atoms with Gasteiger partial charge >= 0.3 is 5.97 Å². The maximum atomic E-state index is 12.5. The predicted octanol–water partition coefficient (Wildman–Crippen LogP) is 0.707. The summed E-state index contributed by atoms with van der Waals surface area (Å²) in [6.45, 7) is 1.77. The third kappa shape index (κ3) is 3.43. The minimum Gasteiger partial charge on any atom is -0.508 e. The summed E-state index contributed by atoms with van der Waals surface area (Å²) in [7, 11) is 0. The first-order valence-electron chi connectivity index (χ1n) is 8.24. The number of nitrogens with one attached hydrogen (secondary N) is 1. The average molecular weight is 389 g/mol. The Balaban J connectivity index is 1.74. The van der Waals surface area contributed by atoms with Crippen LogP contribution in [0.4, 0.5) is 0 Å². The Kier molecular flexibility index (Phi) is 5.24. The Bertz CT molecular complexity index is 849. The van der Waals surface area contributed by atoms with Crippen molar-refractivity contribution in [3.8, 4) is 5.75 Å². The molecule has 8 nitrogen and oxygen atoms in total. The van der Waals surface area contributed by atoms with Crippen molar-refractivity contribution in [3.05, 3.63) is 53.3 Å². The first-order chi connectivity index (χ1) is 12.8. The number of nitrogens with two attached hydrogens (primary N) is 1. The summed E-state index contributed by atoms with van der Waals surface area (Å²) in [4.78, 5) is 37.7. The molecule has 1 saturated heterocycles. The number of nitrogens with zero attached hydrogens (tertiary/aromatic N) is 1. The number of phenols is 1. The Morgan fingerprint density at radius 1 is 1.37 bits per heavy atom. The van der Waals surface area contributed by atoms with Crippen molar-refractivity contribution in [2.75, 3.05) is 5.75 Å². The SMILES string of the molecule is CC=CC1=C(C(=O)O)N2C(=O)[C@@H](NC(=O)C(N)c3ccc(O)cc3)[C@@H]2SC1. The molecule has 2 aliphatic heterocycles. The topological polar surface area (TPSA) is 133 Å². The smallest absolute Gasteiger partial charge is 0.352 e. The first-order valence-corrected chi connectivity index (χ1v) is 9.28. The average Bonchev–Trinajstić information content (AvgIpc) is 2.65. The van der Waals surface area contributed by atoms with Gasteiger partial charge in [0.15, 0.2) is 0 Å². The maximum absolute atomic E-state index is 12.5. The van der Waals surface area contributed by atoms with Crippen LogP contribution in [0, 0.1) is 0 Å². The van der Waals surface area contributed by atoms with Gasteiger partial charge in [-0.1, -0.05) is 24.3 Å². The van der Waals surface area contributed by atoms with Crippen LogP contribution in [0.5, 0.6) is 5.75 Å². The van der Waals surface area contributed by atoms with Gasteiger partial charge in [-0.2, -0.15) is 0 Å². The highest BCUT2D eigenvalue weighted by Gasteiger charge is 2.54. The minimum atomic E-state index is -1.17. The first kappa shape index (κ1) is 19.0. The molecule has 2 aliphatic rings. The quantitative estimate of drug-likeness (QED) is 0.545. The zero-order valence-electron chi connectivity index (χ0n) is 14.5. The highest BCUT2D eigenvalue weighted by Crippen LogP contribution is 2.40. The monoisotopic (exact) mass is 389 g/mol. The second-order valence-electron chi connectivity index (χ2n) is 6.14. The molecule has 9 heteroatoms. The van der Waals surface area contributed by atoms with Gasteiger partial charge in [0, 0.05) is 5.75 Å². The number of phenolic OH excluding ortho intramolecular Hbond substituents is 1. The van der Waals surface area contributed by atoms with Gasteiger partial charge in [0.25, 0.3) is 5.91 Å². The number of hydrogen-bond donors (Lipinski definition) is 4. The maximum Gasteiger partial charge on any atom is 0.352 e. The molecule has 1 unspecified atom stereocenters. The van der Waals surface area contributed by atoms with E-state index in [-0.39, 0.29) is 11.4 Å². The number of allylic oxidation sites excluding steroid dienone is 2. The number of aromatic hydroxyl groups is 1. The summed E-state index contributed by atoms with van der Waals surface area (Å²) in [6.07, 6.45) is 3.39. The third-order valence-electron chi connectivity index (χ3n) is 4.40. The van der Waals surface area contributed by atoms with E-state index in [0.29, 0.717) is 16.9 Å². The second-order valence-corrected chi connectivity index (χ2v) is 7.25. The normalized spacial score (nSPS) is 23.0. The van der Waals surface area contributed by atoms with Gasteiger partial charge in [-0.05, 0) is 30.2 Å². The Labute approximate surface area is 159 Å². The summed E-state index contributed by atoms with van der Waals surface area (Å²) in [5.41, 5.74) is 6.93. The number of carbonyl (C=O) groups is 3. The Morgan fingerprint density at radius 2 is 2.04 bits per heavy atom. The summed E-state index contributed by atoms with van der Waals surface area (Å²) in [6, 6.07) is 4.06. The number of benzene rings is 1. The van der Waals surface area contributed by atoms with E-state index >= 15 is 0 Å². The summed E-state index contributed by atoms with van der Waals surface area (Å²) >= 11 is 1.39. The van der Waals surface area contributed by atoms with Gasteiger partial charge in [0.05, 0.1) is 0 Å². The lowest BCUT2D eigenvalue weighted by Gasteiger charge is -2.49. The number of thioether (sulfide) groups is 1. The molecule has 1 aromatic rings. The van der Waals surface area contributed by atoms with E-state index in [1.54, 1.807) is 19.1 Å². The fourth-order valence-corrected chi connectivity index (χ4v) is 4.37. The minimum absolute atomic E-state index is 0.0461. The number of fused-ring (bicyclic) bond motifs is 1. The highest BCUT2D eigenvalue weighted by molar-refractivity contribution is 8.00. The van der Waals surface area contributed by atoms with Gasteiger partial charge in [-0.3, -0.25) is 14.5 Å². The van der Waals surface area contributed by atoms with Crippen LogP contribution in [-0.4, -0.2) is 50.1 Å². The highest BCUT2D eigenvalue weighted by atomic mass is 32.2. The van der Waals surface area contributed by atoms with Crippen LogP contribution in [0.1, 0.15) is 18.5 Å². The Morgan fingerprint density at radius 3 is 2.63 bits per heavy atom. The van der Waals surface area contributed by atoms with Gasteiger partial charge in [0.1, 0.15) is 28.9 Å². The molecule has 0 saturated carbocycles. The number of amides is 2. The molecule has 27 heavy (non-hydrogen) atoms. The molecule has 0 spiro atoms. The Hall–Kier alpha value is -2.78. The van der Waals surface area contributed by atoms with Crippen molar-refractivity contribution in [1.29, 1.82) is 0 Å². The van der Waals surface area contributed by atoms with Gasteiger partial charge < -0.3 is 21.3 Å². The van der Waals surface area contributed by atoms with Gasteiger partial charge in [-0.25, -0.2) is 4.79 Å². The van der Waals surface area contributed by atoms with E-state index in [1.807, 2.05) is 0 Å². The molecule has 1 fully saturated rings. The van der Waals surface area contributed by atoms with Gasteiger partial charge in [-0.15, -0.1) is 11.8 Å².